The van der Waals surface area contributed by atoms with Gasteiger partial charge in [-0.3, -0.25) is 4.79 Å². The van der Waals surface area contributed by atoms with Crippen molar-refractivity contribution in [3.63, 3.8) is 0 Å². The Hall–Kier alpha value is -2.56. The van der Waals surface area contributed by atoms with E-state index in [4.69, 9.17) is 0 Å². The first-order valence-electron chi connectivity index (χ1n) is 5.01. The molecule has 0 spiro atoms. The Morgan fingerprint density at radius 1 is 1.35 bits per heavy atom. The van der Waals surface area contributed by atoms with Crippen LogP contribution in [-0.4, -0.2) is 22.2 Å². The van der Waals surface area contributed by atoms with Gasteiger partial charge in [-0.25, -0.2) is 5.43 Å². The van der Waals surface area contributed by atoms with Crippen molar-refractivity contribution >= 4 is 12.1 Å². The van der Waals surface area contributed by atoms with E-state index in [-0.39, 0.29) is 11.7 Å². The molecule has 5 nitrogen and oxygen atoms in total. The quantitative estimate of drug-likeness (QED) is 0.550. The fourth-order valence-electron chi connectivity index (χ4n) is 1.30. The van der Waals surface area contributed by atoms with Crippen molar-refractivity contribution in [2.75, 3.05) is 0 Å². The Balaban J connectivity index is 1.98. The van der Waals surface area contributed by atoms with Crippen LogP contribution in [0.5, 0.6) is 5.75 Å². The van der Waals surface area contributed by atoms with Gasteiger partial charge in [0, 0.05) is 11.8 Å². The Kier molecular flexibility index (Phi) is 3.20. The summed E-state index contributed by atoms with van der Waals surface area (Å²) in [6.45, 7) is 0. The van der Waals surface area contributed by atoms with Gasteiger partial charge < -0.3 is 10.1 Å². The van der Waals surface area contributed by atoms with Gasteiger partial charge in [0.05, 0.1) is 11.9 Å². The highest BCUT2D eigenvalue weighted by atomic mass is 16.3. The third kappa shape index (κ3) is 2.94. The number of phenolic OH excluding ortho intramolecular Hbond substituents is 1. The highest BCUT2D eigenvalue weighted by molar-refractivity contribution is 5.95. The zero-order chi connectivity index (χ0) is 12.1. The maximum Gasteiger partial charge on any atom is 0.271 e. The van der Waals surface area contributed by atoms with Crippen LogP contribution in [0.2, 0.25) is 0 Å². The molecule has 2 aromatic rings. The number of hydrogen-bond acceptors (Lipinski definition) is 3. The Labute approximate surface area is 97.8 Å². The number of carbonyl (C=O) groups excluding carboxylic acids is 1. The van der Waals surface area contributed by atoms with Crippen molar-refractivity contribution in [2.24, 2.45) is 5.10 Å². The minimum Gasteiger partial charge on any atom is -0.508 e. The highest BCUT2D eigenvalue weighted by Crippen LogP contribution is 2.10. The minimum absolute atomic E-state index is 0.0472. The molecule has 1 amide bonds. The van der Waals surface area contributed by atoms with E-state index in [9.17, 15) is 9.90 Å². The second-order valence-corrected chi connectivity index (χ2v) is 3.37. The summed E-state index contributed by atoms with van der Waals surface area (Å²) in [5.74, 6) is -0.324. The lowest BCUT2D eigenvalue weighted by Gasteiger charge is -1.99. The Morgan fingerprint density at radius 2 is 2.24 bits per heavy atom. The molecule has 5 heteroatoms. The first-order valence-corrected chi connectivity index (χ1v) is 5.01. The topological polar surface area (TPSA) is 77.5 Å². The zero-order valence-corrected chi connectivity index (χ0v) is 8.92. The molecule has 0 aliphatic heterocycles. The summed E-state index contributed by atoms with van der Waals surface area (Å²) in [5.41, 5.74) is 3.51. The van der Waals surface area contributed by atoms with Gasteiger partial charge in [0.1, 0.15) is 5.75 Å². The van der Waals surface area contributed by atoms with E-state index in [1.807, 2.05) is 12.1 Å². The number of H-pyrrole nitrogens is 1. The van der Waals surface area contributed by atoms with Crippen LogP contribution in [0.3, 0.4) is 0 Å². The summed E-state index contributed by atoms with van der Waals surface area (Å²) < 4.78 is 0. The van der Waals surface area contributed by atoms with E-state index in [1.54, 1.807) is 18.3 Å². The molecule has 0 bridgehead atoms. The summed E-state index contributed by atoms with van der Waals surface area (Å²) >= 11 is 0. The molecule has 0 aliphatic carbocycles. The number of rotatable bonds is 3. The van der Waals surface area contributed by atoms with Crippen molar-refractivity contribution in [3.8, 4) is 5.75 Å². The monoisotopic (exact) mass is 229 g/mol. The number of aromatic amines is 1. The van der Waals surface area contributed by atoms with Gasteiger partial charge in [0.15, 0.2) is 0 Å². The van der Waals surface area contributed by atoms with E-state index in [1.165, 1.54) is 18.3 Å². The Morgan fingerprint density at radius 3 is 2.94 bits per heavy atom. The molecule has 0 unspecified atom stereocenters. The second kappa shape index (κ2) is 4.98. The van der Waals surface area contributed by atoms with Crippen LogP contribution in [0.15, 0.2) is 47.7 Å². The van der Waals surface area contributed by atoms with Crippen molar-refractivity contribution < 1.29 is 9.90 Å². The van der Waals surface area contributed by atoms with Crippen molar-refractivity contribution in [1.82, 2.24) is 10.4 Å². The standard InChI is InChI=1S/C12H11N3O2/c16-11-5-1-3-9(7-11)12(17)15-14-8-10-4-2-6-13-10/h1-8,13,16H,(H,15,17)/b14-8-. The molecule has 0 atom stereocenters. The molecule has 86 valence electrons. The van der Waals surface area contributed by atoms with E-state index in [0.717, 1.165) is 5.69 Å². The zero-order valence-electron chi connectivity index (χ0n) is 8.92. The third-order valence-electron chi connectivity index (χ3n) is 2.10. The molecule has 0 saturated carbocycles. The predicted octanol–water partition coefficient (Wildman–Crippen LogP) is 1.48. The molecule has 1 heterocycles. The number of phenols is 1. The molecule has 1 aromatic heterocycles. The number of carbonyl (C=O) groups is 1. The molecule has 0 radical (unpaired) electrons. The van der Waals surface area contributed by atoms with Gasteiger partial charge in [0.25, 0.3) is 5.91 Å². The van der Waals surface area contributed by atoms with Crippen LogP contribution < -0.4 is 5.43 Å². The highest BCUT2D eigenvalue weighted by Gasteiger charge is 2.03. The van der Waals surface area contributed by atoms with Crippen LogP contribution in [0.4, 0.5) is 0 Å². The molecule has 17 heavy (non-hydrogen) atoms. The van der Waals surface area contributed by atoms with E-state index in [2.05, 4.69) is 15.5 Å². The number of nitrogens with zero attached hydrogens (tertiary/aromatic N) is 1. The molecular formula is C12H11N3O2. The first-order chi connectivity index (χ1) is 8.25. The van der Waals surface area contributed by atoms with E-state index >= 15 is 0 Å². The van der Waals surface area contributed by atoms with Crippen LogP contribution in [0, 0.1) is 0 Å². The SMILES string of the molecule is O=C(N/N=C\c1ccc[nH]1)c1cccc(O)c1. The maximum atomic E-state index is 11.6. The predicted molar refractivity (Wildman–Crippen MR) is 64.0 cm³/mol. The molecule has 0 aliphatic rings. The van der Waals surface area contributed by atoms with Crippen molar-refractivity contribution in [3.05, 3.63) is 53.9 Å². The Bertz CT molecular complexity index is 532. The number of aromatic hydroxyl groups is 1. The summed E-state index contributed by atoms with van der Waals surface area (Å²) in [6, 6.07) is 9.72. The van der Waals surface area contributed by atoms with Gasteiger partial charge in [-0.05, 0) is 30.3 Å². The van der Waals surface area contributed by atoms with Gasteiger partial charge in [0.2, 0.25) is 0 Å². The lowest BCUT2D eigenvalue weighted by molar-refractivity contribution is 0.0954. The van der Waals surface area contributed by atoms with E-state index in [0.29, 0.717) is 5.56 Å². The van der Waals surface area contributed by atoms with Crippen molar-refractivity contribution in [2.45, 2.75) is 0 Å². The molecule has 2 rings (SSSR count). The smallest absolute Gasteiger partial charge is 0.271 e. The number of amides is 1. The average molecular weight is 229 g/mol. The molecule has 3 N–H and O–H groups in total. The third-order valence-corrected chi connectivity index (χ3v) is 2.10. The number of benzene rings is 1. The second-order valence-electron chi connectivity index (χ2n) is 3.37. The number of nitrogens with one attached hydrogen (secondary N) is 2. The summed E-state index contributed by atoms with van der Waals surface area (Å²) in [4.78, 5) is 14.5. The van der Waals surface area contributed by atoms with Crippen LogP contribution in [-0.2, 0) is 0 Å². The van der Waals surface area contributed by atoms with E-state index < -0.39 is 0 Å². The van der Waals surface area contributed by atoms with Gasteiger partial charge >= 0.3 is 0 Å². The number of hydrogen-bond donors (Lipinski definition) is 3. The largest absolute Gasteiger partial charge is 0.508 e. The van der Waals surface area contributed by atoms with Crippen LogP contribution in [0.1, 0.15) is 16.1 Å². The van der Waals surface area contributed by atoms with Gasteiger partial charge in [-0.2, -0.15) is 5.10 Å². The summed E-state index contributed by atoms with van der Waals surface area (Å²) in [6.07, 6.45) is 3.26. The van der Waals surface area contributed by atoms with Crippen molar-refractivity contribution in [1.29, 1.82) is 0 Å². The number of aromatic nitrogens is 1. The molecule has 1 aromatic carbocycles. The lowest BCUT2D eigenvalue weighted by atomic mass is 10.2. The minimum atomic E-state index is -0.372. The summed E-state index contributed by atoms with van der Waals surface area (Å²) in [7, 11) is 0. The lowest BCUT2D eigenvalue weighted by Crippen LogP contribution is -2.17. The van der Waals surface area contributed by atoms with Gasteiger partial charge in [-0.15, -0.1) is 0 Å². The fraction of sp³-hybridized carbons (Fsp3) is 0. The molecular weight excluding hydrogens is 218 g/mol. The average Bonchev–Trinajstić information content (AvgIpc) is 2.82. The molecule has 0 fully saturated rings. The van der Waals surface area contributed by atoms with Gasteiger partial charge in [-0.1, -0.05) is 6.07 Å². The fourth-order valence-corrected chi connectivity index (χ4v) is 1.30. The van der Waals surface area contributed by atoms with Crippen LogP contribution >= 0.6 is 0 Å². The van der Waals surface area contributed by atoms with Crippen LogP contribution in [0.25, 0.3) is 0 Å². The maximum absolute atomic E-state index is 11.6. The normalized spacial score (nSPS) is 10.6. The summed E-state index contributed by atoms with van der Waals surface area (Å²) in [5, 5.41) is 13.0. The molecule has 0 saturated heterocycles. The first kappa shape index (κ1) is 10.9. The number of hydrazone groups is 1.